The van der Waals surface area contributed by atoms with E-state index in [4.69, 9.17) is 10.5 Å². The van der Waals surface area contributed by atoms with E-state index >= 15 is 0 Å². The molecule has 1 aromatic heterocycles. The highest BCUT2D eigenvalue weighted by molar-refractivity contribution is 7.90. The number of nitrogens with zero attached hydrogens (tertiary/aromatic N) is 1. The summed E-state index contributed by atoms with van der Waals surface area (Å²) in [5, 5.41) is 0.784. The van der Waals surface area contributed by atoms with Gasteiger partial charge in [-0.25, -0.2) is 12.4 Å². The first-order valence-electron chi connectivity index (χ1n) is 6.29. The van der Waals surface area contributed by atoms with Crippen LogP contribution < -0.4 is 10.5 Å². The molecule has 1 heterocycles. The smallest absolute Gasteiger partial charge is 0.269 e. The van der Waals surface area contributed by atoms with Gasteiger partial charge in [-0.1, -0.05) is 18.2 Å². The van der Waals surface area contributed by atoms with Crippen LogP contribution in [0.4, 0.5) is 5.82 Å². The summed E-state index contributed by atoms with van der Waals surface area (Å²) in [6.07, 6.45) is 0. The maximum absolute atomic E-state index is 12.8. The summed E-state index contributed by atoms with van der Waals surface area (Å²) in [4.78, 5) is 0.163. The average molecular weight is 302 g/mol. The van der Waals surface area contributed by atoms with Crippen LogP contribution in [-0.4, -0.2) is 19.5 Å². The van der Waals surface area contributed by atoms with Crippen LogP contribution in [0.15, 0.2) is 59.5 Å². The maximum atomic E-state index is 12.8. The van der Waals surface area contributed by atoms with Crippen LogP contribution in [-0.2, 0) is 10.0 Å². The van der Waals surface area contributed by atoms with Crippen molar-refractivity contribution in [3.63, 3.8) is 0 Å². The molecular weight excluding hydrogens is 288 g/mol. The van der Waals surface area contributed by atoms with Gasteiger partial charge < -0.3 is 10.5 Å². The van der Waals surface area contributed by atoms with Gasteiger partial charge in [0.15, 0.2) is 0 Å². The van der Waals surface area contributed by atoms with Gasteiger partial charge in [-0.15, -0.1) is 0 Å². The minimum Gasteiger partial charge on any atom is -0.497 e. The normalized spacial score (nSPS) is 11.7. The first-order chi connectivity index (χ1) is 10.0. The average Bonchev–Trinajstić information content (AvgIpc) is 2.83. The maximum Gasteiger partial charge on any atom is 0.269 e. The third-order valence-electron chi connectivity index (χ3n) is 3.29. The number of benzene rings is 2. The molecule has 0 amide bonds. The number of nitrogens with two attached hydrogens (primary N) is 1. The number of hydrogen-bond donors (Lipinski definition) is 1. The highest BCUT2D eigenvalue weighted by atomic mass is 32.2. The molecule has 5 nitrogen and oxygen atoms in total. The van der Waals surface area contributed by atoms with Gasteiger partial charge in [0.25, 0.3) is 10.0 Å². The molecule has 0 aliphatic rings. The number of hydrogen-bond acceptors (Lipinski definition) is 4. The van der Waals surface area contributed by atoms with E-state index in [1.165, 1.54) is 19.2 Å². The minimum atomic E-state index is -3.74. The van der Waals surface area contributed by atoms with Crippen molar-refractivity contribution in [1.29, 1.82) is 0 Å². The van der Waals surface area contributed by atoms with Gasteiger partial charge >= 0.3 is 0 Å². The molecule has 0 atom stereocenters. The van der Waals surface area contributed by atoms with Crippen molar-refractivity contribution in [2.45, 2.75) is 4.90 Å². The van der Waals surface area contributed by atoms with Crippen molar-refractivity contribution < 1.29 is 13.2 Å². The molecule has 6 heteroatoms. The van der Waals surface area contributed by atoms with Crippen LogP contribution in [0.2, 0.25) is 0 Å². The fourth-order valence-electron chi connectivity index (χ4n) is 2.27. The summed E-state index contributed by atoms with van der Waals surface area (Å²) in [7, 11) is -2.21. The van der Waals surface area contributed by atoms with E-state index in [1.54, 1.807) is 30.3 Å². The number of para-hydroxylation sites is 1. The van der Waals surface area contributed by atoms with Crippen LogP contribution in [0.5, 0.6) is 5.75 Å². The Morgan fingerprint density at radius 3 is 2.38 bits per heavy atom. The quantitative estimate of drug-likeness (QED) is 0.806. The van der Waals surface area contributed by atoms with E-state index in [0.717, 1.165) is 9.36 Å². The van der Waals surface area contributed by atoms with Crippen LogP contribution in [0, 0.1) is 0 Å². The molecular formula is C15H14N2O3S. The third kappa shape index (κ3) is 2.13. The number of ether oxygens (including phenoxy) is 1. The van der Waals surface area contributed by atoms with E-state index in [0.29, 0.717) is 11.3 Å². The molecule has 3 aromatic rings. The molecule has 0 spiro atoms. The van der Waals surface area contributed by atoms with Gasteiger partial charge in [-0.2, -0.15) is 0 Å². The number of nitrogen functional groups attached to an aromatic ring is 1. The first kappa shape index (κ1) is 13.5. The van der Waals surface area contributed by atoms with Crippen LogP contribution in [0.3, 0.4) is 0 Å². The molecule has 0 saturated heterocycles. The van der Waals surface area contributed by atoms with Crippen LogP contribution in [0.1, 0.15) is 0 Å². The van der Waals surface area contributed by atoms with Crippen molar-refractivity contribution in [2.75, 3.05) is 12.8 Å². The first-order valence-corrected chi connectivity index (χ1v) is 7.73. The Morgan fingerprint density at radius 2 is 1.71 bits per heavy atom. The van der Waals surface area contributed by atoms with Gasteiger partial charge in [0.2, 0.25) is 0 Å². The van der Waals surface area contributed by atoms with Gasteiger partial charge in [0, 0.05) is 5.39 Å². The third-order valence-corrected chi connectivity index (χ3v) is 5.05. The van der Waals surface area contributed by atoms with Gasteiger partial charge in [-0.05, 0) is 36.4 Å². The number of anilines is 1. The summed E-state index contributed by atoms with van der Waals surface area (Å²) in [5.74, 6) is 0.784. The summed E-state index contributed by atoms with van der Waals surface area (Å²) in [6, 6.07) is 15.0. The molecule has 2 aromatic carbocycles. The Hall–Kier alpha value is -2.47. The zero-order chi connectivity index (χ0) is 15.0. The lowest BCUT2D eigenvalue weighted by atomic mass is 10.3. The largest absolute Gasteiger partial charge is 0.497 e. The highest BCUT2D eigenvalue weighted by Crippen LogP contribution is 2.27. The second kappa shape index (κ2) is 4.82. The Morgan fingerprint density at radius 1 is 1.05 bits per heavy atom. The highest BCUT2D eigenvalue weighted by Gasteiger charge is 2.21. The predicted molar refractivity (Wildman–Crippen MR) is 81.9 cm³/mol. The molecule has 0 aliphatic heterocycles. The summed E-state index contributed by atoms with van der Waals surface area (Å²) >= 11 is 0. The summed E-state index contributed by atoms with van der Waals surface area (Å²) < 4.78 is 31.7. The SMILES string of the molecule is COc1ccc(S(=O)(=O)n2c(N)cc3ccccc32)cc1. The number of rotatable bonds is 3. The van der Waals surface area contributed by atoms with Gasteiger partial charge in [0.1, 0.15) is 11.6 Å². The number of aromatic nitrogens is 1. The van der Waals surface area contributed by atoms with E-state index < -0.39 is 10.0 Å². The van der Waals surface area contributed by atoms with E-state index in [2.05, 4.69) is 0 Å². The standard InChI is InChI=1S/C15H14N2O3S/c1-20-12-6-8-13(9-7-12)21(18,19)17-14-5-3-2-4-11(14)10-15(17)16/h2-10H,16H2,1H3. The van der Waals surface area contributed by atoms with E-state index in [-0.39, 0.29) is 10.7 Å². The molecule has 0 fully saturated rings. The Balaban J connectivity index is 2.22. The minimum absolute atomic E-state index is 0.163. The number of methoxy groups -OCH3 is 1. The van der Waals surface area contributed by atoms with Crippen molar-refractivity contribution >= 4 is 26.7 Å². The van der Waals surface area contributed by atoms with Crippen molar-refractivity contribution in [3.05, 3.63) is 54.6 Å². The molecule has 21 heavy (non-hydrogen) atoms. The van der Waals surface area contributed by atoms with E-state index in [9.17, 15) is 8.42 Å². The second-order valence-corrected chi connectivity index (χ2v) is 6.36. The van der Waals surface area contributed by atoms with Crippen LogP contribution in [0.25, 0.3) is 10.9 Å². The zero-order valence-electron chi connectivity index (χ0n) is 11.4. The summed E-state index contributed by atoms with van der Waals surface area (Å²) in [5.41, 5.74) is 6.45. The fraction of sp³-hybridized carbons (Fsp3) is 0.0667. The predicted octanol–water partition coefficient (Wildman–Crippen LogP) is 2.47. The number of fused-ring (bicyclic) bond motifs is 1. The Labute approximate surface area is 122 Å². The van der Waals surface area contributed by atoms with Gasteiger partial charge in [-0.3, -0.25) is 0 Å². The molecule has 0 saturated carbocycles. The van der Waals surface area contributed by atoms with Gasteiger partial charge in [0.05, 0.1) is 17.5 Å². The lowest BCUT2D eigenvalue weighted by Crippen LogP contribution is -2.15. The fourth-order valence-corrected chi connectivity index (χ4v) is 3.72. The van der Waals surface area contributed by atoms with Crippen molar-refractivity contribution in [3.8, 4) is 5.75 Å². The van der Waals surface area contributed by atoms with Crippen molar-refractivity contribution in [1.82, 2.24) is 3.97 Å². The molecule has 0 radical (unpaired) electrons. The zero-order valence-corrected chi connectivity index (χ0v) is 12.2. The topological polar surface area (TPSA) is 74.3 Å². The Bertz CT molecular complexity index is 896. The molecule has 0 bridgehead atoms. The lowest BCUT2D eigenvalue weighted by molar-refractivity contribution is 0.414. The second-order valence-electron chi connectivity index (χ2n) is 4.57. The molecule has 0 aliphatic carbocycles. The molecule has 3 rings (SSSR count). The Kier molecular flexibility index (Phi) is 3.10. The van der Waals surface area contributed by atoms with Crippen molar-refractivity contribution in [2.24, 2.45) is 0 Å². The van der Waals surface area contributed by atoms with Crippen LogP contribution >= 0.6 is 0 Å². The lowest BCUT2D eigenvalue weighted by Gasteiger charge is -2.10. The molecule has 0 unspecified atom stereocenters. The summed E-state index contributed by atoms with van der Waals surface area (Å²) in [6.45, 7) is 0. The monoisotopic (exact) mass is 302 g/mol. The van der Waals surface area contributed by atoms with E-state index in [1.807, 2.05) is 12.1 Å². The molecule has 108 valence electrons. The molecule has 2 N–H and O–H groups in total.